The molecule has 5 aromatic rings. The van der Waals surface area contributed by atoms with E-state index in [2.05, 4.69) is 25.1 Å². The number of amides is 2. The van der Waals surface area contributed by atoms with Gasteiger partial charge in [0.15, 0.2) is 17.4 Å². The van der Waals surface area contributed by atoms with E-state index in [9.17, 15) is 9.59 Å². The van der Waals surface area contributed by atoms with Crippen LogP contribution < -0.4 is 15.8 Å². The van der Waals surface area contributed by atoms with E-state index in [1.54, 1.807) is 25.1 Å². The molecule has 2 fully saturated rings. The van der Waals surface area contributed by atoms with Gasteiger partial charge in [-0.15, -0.1) is 3.98 Å². The van der Waals surface area contributed by atoms with Crippen LogP contribution in [0.15, 0.2) is 96.9 Å². The van der Waals surface area contributed by atoms with Gasteiger partial charge in [0.1, 0.15) is 29.3 Å². The average molecular weight is 879 g/mol. The first kappa shape index (κ1) is 42.4. The predicted molar refractivity (Wildman–Crippen MR) is 242 cm³/mol. The normalized spacial score (nSPS) is 20.8. The van der Waals surface area contributed by atoms with Crippen molar-refractivity contribution in [1.29, 1.82) is 0 Å². The van der Waals surface area contributed by atoms with Crippen molar-refractivity contribution in [2.45, 2.75) is 58.0 Å². The summed E-state index contributed by atoms with van der Waals surface area (Å²) in [4.78, 5) is 41.6. The maximum atomic E-state index is 15.8. The van der Waals surface area contributed by atoms with Gasteiger partial charge in [-0.2, -0.15) is 5.10 Å². The molecule has 2 aromatic carbocycles. The zero-order valence-electron chi connectivity index (χ0n) is 35.7. The molecule has 0 bridgehead atoms. The lowest BCUT2D eigenvalue weighted by molar-refractivity contribution is -0.407. The molecule has 330 valence electrons. The number of carbonyl (C=O) groups excluding carboxylic acids is 2. The number of hydrogen-bond donors (Lipinski definition) is 2. The number of anilines is 1. The third-order valence-corrected chi connectivity index (χ3v) is 14.5. The summed E-state index contributed by atoms with van der Waals surface area (Å²) in [6.07, 6.45) is 9.59. The van der Waals surface area contributed by atoms with Crippen molar-refractivity contribution in [2.75, 3.05) is 64.6 Å². The Balaban J connectivity index is 0.721. The minimum Gasteiger partial charge on any atom is -0.457 e. The molecule has 3 aromatic heterocycles. The van der Waals surface area contributed by atoms with Gasteiger partial charge in [-0.1, -0.05) is 32.0 Å². The second-order valence-electron chi connectivity index (χ2n) is 16.8. The number of para-hydroxylation sites is 1. The van der Waals surface area contributed by atoms with Crippen LogP contribution in [0.25, 0.3) is 22.3 Å². The number of nitrogens with two attached hydrogens (primary N) is 1. The Kier molecular flexibility index (Phi) is 12.2. The van der Waals surface area contributed by atoms with Crippen LogP contribution in [0.3, 0.4) is 0 Å². The van der Waals surface area contributed by atoms with Crippen molar-refractivity contribution in [3.05, 3.63) is 108 Å². The molecule has 0 radical (unpaired) electrons. The Morgan fingerprint density at radius 1 is 0.968 bits per heavy atom. The van der Waals surface area contributed by atoms with Crippen LogP contribution in [0.4, 0.5) is 13.6 Å². The predicted octanol–water partition coefficient (Wildman–Crippen LogP) is 6.37. The molecule has 4 aliphatic rings. The summed E-state index contributed by atoms with van der Waals surface area (Å²) in [6.45, 7) is 10.1. The van der Waals surface area contributed by atoms with E-state index >= 15 is 7.77 Å². The van der Waals surface area contributed by atoms with E-state index < -0.39 is 11.2 Å². The number of halogens is 2. The van der Waals surface area contributed by atoms with Gasteiger partial charge >= 0.3 is 11.2 Å². The number of piperidine rings is 1. The number of fused-ring (bicyclic) bond motifs is 3. The maximum absolute atomic E-state index is 15.8. The highest BCUT2D eigenvalue weighted by molar-refractivity contribution is 8.18. The van der Waals surface area contributed by atoms with Gasteiger partial charge in [-0.05, 0) is 74.7 Å². The van der Waals surface area contributed by atoms with Crippen LogP contribution in [-0.2, 0) is 22.4 Å². The van der Waals surface area contributed by atoms with Crippen LogP contribution in [-0.4, -0.2) is 125 Å². The zero-order chi connectivity index (χ0) is 43.7. The topological polar surface area (TPSA) is 143 Å². The smallest absolute Gasteiger partial charge is 0.382 e. The summed E-state index contributed by atoms with van der Waals surface area (Å²) in [5.41, 5.74) is 11.3. The van der Waals surface area contributed by atoms with Crippen LogP contribution in [0.5, 0.6) is 11.5 Å². The molecule has 0 saturated carbocycles. The van der Waals surface area contributed by atoms with Gasteiger partial charge in [0.2, 0.25) is 11.8 Å². The first-order valence-electron chi connectivity index (χ1n) is 21.8. The monoisotopic (exact) mass is 878 g/mol. The van der Waals surface area contributed by atoms with E-state index in [-0.39, 0.29) is 36.7 Å². The largest absolute Gasteiger partial charge is 0.457 e. The molecule has 2 amide bonds. The number of nitrogens with one attached hydrogen (secondary N) is 1. The van der Waals surface area contributed by atoms with E-state index in [4.69, 9.17) is 15.6 Å². The summed E-state index contributed by atoms with van der Waals surface area (Å²) < 4.78 is 42.0. The summed E-state index contributed by atoms with van der Waals surface area (Å²) in [5.74, 6) is 1.65. The van der Waals surface area contributed by atoms with Crippen LogP contribution in [0, 0.1) is 0 Å². The minimum atomic E-state index is -4.24. The quantitative estimate of drug-likeness (QED) is 0.102. The van der Waals surface area contributed by atoms with Gasteiger partial charge in [0.05, 0.1) is 17.8 Å². The highest BCUT2D eigenvalue weighted by atomic mass is 32.3. The number of aromatic nitrogens is 5. The number of likely N-dealkylation sites (tertiary alicyclic amines) is 1. The third-order valence-electron chi connectivity index (χ3n) is 12.6. The Labute approximate surface area is 367 Å². The van der Waals surface area contributed by atoms with Gasteiger partial charge in [0, 0.05) is 107 Å². The Hall–Kier alpha value is -5.91. The first-order valence-corrected chi connectivity index (χ1v) is 23.1. The number of nitrogens with zero attached hydrogens (tertiary/aromatic N) is 9. The standard InChI is InChI=1S/C46H53F2N11O3S/c1-32-28-33(2)58-40(32)29-36-15-14-35(59(36)63(58,47)48)16-19-41(60)50-20-23-55-26-24-54(25-27-55)21-7-11-42(61)56-22-6-8-37(30-56)57-46-43(45(49)51-31-52-46)44(53-57)34-12-17-39(18-13-34)62-38-9-4-3-5-10-38/h3-5,7,9-15,17-18,28,31,37,40H,6,8,16,19-27,29-30H2,1-2H3,(H2-,49,50,51,52,53,60)/p+1/b11-7+/t37-,40?/m1/s1. The first-order chi connectivity index (χ1) is 30.5. The molecule has 3 N–H and O–H groups in total. The van der Waals surface area contributed by atoms with Gasteiger partial charge in [-0.25, -0.2) is 18.6 Å². The van der Waals surface area contributed by atoms with Crippen molar-refractivity contribution in [2.24, 2.45) is 0 Å². The van der Waals surface area contributed by atoms with E-state index in [1.807, 2.05) is 83.3 Å². The molecule has 63 heavy (non-hydrogen) atoms. The number of rotatable bonds is 13. The lowest BCUT2D eigenvalue weighted by atomic mass is 10.1. The van der Waals surface area contributed by atoms with Crippen LogP contribution >= 0.6 is 11.2 Å². The summed E-state index contributed by atoms with van der Waals surface area (Å²) in [5, 5.41) is 8.71. The van der Waals surface area contributed by atoms with Crippen LogP contribution in [0.2, 0.25) is 0 Å². The van der Waals surface area contributed by atoms with Gasteiger partial charge in [0.25, 0.3) is 0 Å². The third kappa shape index (κ3) is 8.86. The SMILES string of the molecule is CC1=CC(C)=[N+]2C1Cc1ccc(CCC(=O)NCCN3CCN(C/C=C/C(=O)N4CCC[C@@H](n5nc(-c6ccc(Oc7ccccc7)cc6)c6c(N)ncnc65)C4)CC3)n1S2(F)F. The molecule has 0 spiro atoms. The van der Waals surface area contributed by atoms with Crippen molar-refractivity contribution < 1.29 is 26.1 Å². The number of carbonyl (C=O) groups is 2. The summed E-state index contributed by atoms with van der Waals surface area (Å²) in [6, 6.07) is 20.5. The van der Waals surface area contributed by atoms with Crippen molar-refractivity contribution in [3.63, 3.8) is 0 Å². The molecule has 1 unspecified atom stereocenters. The Morgan fingerprint density at radius 3 is 2.52 bits per heavy atom. The number of nitrogen functional groups attached to an aromatic ring is 1. The number of hydrogen-bond acceptors (Lipinski definition) is 9. The average Bonchev–Trinajstić information content (AvgIpc) is 3.98. The van der Waals surface area contributed by atoms with Gasteiger partial charge < -0.3 is 20.7 Å². The Bertz CT molecular complexity index is 2580. The zero-order valence-corrected chi connectivity index (χ0v) is 36.5. The molecule has 2 atom stereocenters. The number of ether oxygens (including phenoxy) is 1. The Morgan fingerprint density at radius 2 is 1.73 bits per heavy atom. The summed E-state index contributed by atoms with van der Waals surface area (Å²) >= 11 is -4.24. The molecule has 4 aliphatic heterocycles. The molecule has 9 rings (SSSR count). The molecule has 2 saturated heterocycles. The molecule has 17 heteroatoms. The fraction of sp³-hybridized carbons (Fsp3) is 0.391. The fourth-order valence-corrected chi connectivity index (χ4v) is 11.3. The number of allylic oxidation sites excluding steroid dienone is 1. The molecule has 7 heterocycles. The second kappa shape index (κ2) is 18.1. The molecule has 0 aliphatic carbocycles. The summed E-state index contributed by atoms with van der Waals surface area (Å²) in [7, 11) is 0. The molecular weight excluding hydrogens is 825 g/mol. The molecular formula is C46H54F2N11O3S+. The van der Waals surface area contributed by atoms with E-state index in [1.165, 1.54) is 14.3 Å². The highest BCUT2D eigenvalue weighted by Crippen LogP contribution is 2.60. The highest BCUT2D eigenvalue weighted by Gasteiger charge is 2.53. The van der Waals surface area contributed by atoms with Crippen LogP contribution in [0.1, 0.15) is 50.5 Å². The van der Waals surface area contributed by atoms with Crippen molar-refractivity contribution >= 4 is 45.5 Å². The lowest BCUT2D eigenvalue weighted by Gasteiger charge is -2.34. The second-order valence-corrected chi connectivity index (χ2v) is 18.4. The fourth-order valence-electron chi connectivity index (χ4n) is 9.31. The molecule has 14 nitrogen and oxygen atoms in total. The lowest BCUT2D eigenvalue weighted by Crippen LogP contribution is -2.48. The number of piperazine rings is 1. The van der Waals surface area contributed by atoms with E-state index in [0.29, 0.717) is 84.5 Å². The van der Waals surface area contributed by atoms with Crippen molar-refractivity contribution in [3.8, 4) is 22.8 Å². The van der Waals surface area contributed by atoms with Crippen molar-refractivity contribution in [1.82, 2.24) is 43.7 Å². The number of benzene rings is 2. The minimum absolute atomic E-state index is 0.0260. The number of aryl methyl sites for hydroxylation is 1. The van der Waals surface area contributed by atoms with Gasteiger partial charge in [-0.3, -0.25) is 19.4 Å². The maximum Gasteiger partial charge on any atom is 0.382 e. The van der Waals surface area contributed by atoms with E-state index in [0.717, 1.165) is 55.9 Å².